The number of amides is 1. The van der Waals surface area contributed by atoms with Crippen LogP contribution in [0.2, 0.25) is 0 Å². The molecule has 0 aliphatic rings. The van der Waals surface area contributed by atoms with E-state index < -0.39 is 6.04 Å². The molecule has 0 saturated carbocycles. The number of hydrogen-bond acceptors (Lipinski definition) is 4. The van der Waals surface area contributed by atoms with Gasteiger partial charge in [0.05, 0.1) is 12.6 Å². The first-order valence-electron chi connectivity index (χ1n) is 21.1. The Hall–Kier alpha value is -6.49. The lowest BCUT2D eigenvalue weighted by molar-refractivity contribution is -0.124. The maximum Gasteiger partial charge on any atom is 0.223 e. The third-order valence-corrected chi connectivity index (χ3v) is 10.3. The normalized spacial score (nSPS) is 11.0. The monoisotopic (exact) mass is 880 g/mol. The summed E-state index contributed by atoms with van der Waals surface area (Å²) >= 11 is 0. The summed E-state index contributed by atoms with van der Waals surface area (Å²) in [7, 11) is 0. The van der Waals surface area contributed by atoms with Gasteiger partial charge < -0.3 is 10.2 Å². The van der Waals surface area contributed by atoms with Crippen LogP contribution in [0.15, 0.2) is 146 Å². The molecule has 0 aromatic heterocycles. The molecule has 0 fully saturated rings. The van der Waals surface area contributed by atoms with E-state index in [-0.39, 0.29) is 82.6 Å². The molecule has 0 bridgehead atoms. The highest BCUT2D eigenvalue weighted by molar-refractivity contribution is 5.87. The van der Waals surface area contributed by atoms with E-state index in [4.69, 9.17) is 0 Å². The second-order valence-electron chi connectivity index (χ2n) is 16.2. The van der Waals surface area contributed by atoms with Crippen LogP contribution in [0, 0.1) is 52.7 Å². The van der Waals surface area contributed by atoms with Crippen molar-refractivity contribution in [3.63, 3.8) is 0 Å². The lowest BCUT2D eigenvalue weighted by Gasteiger charge is -2.25. The Morgan fingerprint density at radius 1 is 0.422 bits per heavy atom. The van der Waals surface area contributed by atoms with Crippen molar-refractivity contribution in [2.24, 2.45) is 17.8 Å². The number of hydrogen-bond donors (Lipinski definition) is 1. The molecule has 0 saturated heterocycles. The van der Waals surface area contributed by atoms with Gasteiger partial charge in [-0.1, -0.05) is 90.1 Å². The van der Waals surface area contributed by atoms with Crippen LogP contribution in [0.3, 0.4) is 0 Å². The summed E-state index contributed by atoms with van der Waals surface area (Å²) < 4.78 is 78.5. The number of carbonyl (C=O) groups excluding carboxylic acids is 3. The van der Waals surface area contributed by atoms with Crippen molar-refractivity contribution in [1.29, 1.82) is 0 Å². The van der Waals surface area contributed by atoms with Crippen LogP contribution in [-0.4, -0.2) is 24.0 Å². The molecule has 336 valence electrons. The van der Waals surface area contributed by atoms with Crippen molar-refractivity contribution in [2.75, 3.05) is 11.4 Å². The average Bonchev–Trinajstić information content (AvgIpc) is 3.27. The van der Waals surface area contributed by atoms with Crippen LogP contribution >= 0.6 is 0 Å². The fraction of sp³-hybridized carbons (Fsp3) is 0.264. The number of nitrogens with one attached hydrogen (secondary N) is 1. The Kier molecular flexibility index (Phi) is 19.1. The van der Waals surface area contributed by atoms with Gasteiger partial charge in [-0.25, -0.2) is 26.3 Å². The van der Waals surface area contributed by atoms with Crippen LogP contribution < -0.4 is 10.2 Å². The smallest absolute Gasteiger partial charge is 0.223 e. The van der Waals surface area contributed by atoms with Gasteiger partial charge in [0.2, 0.25) is 5.91 Å². The van der Waals surface area contributed by atoms with Crippen LogP contribution in [0.25, 0.3) is 0 Å². The lowest BCUT2D eigenvalue weighted by Crippen LogP contribution is -2.32. The minimum Gasteiger partial charge on any atom is -0.345 e. The van der Waals surface area contributed by atoms with Crippen molar-refractivity contribution in [3.05, 3.63) is 203 Å². The predicted octanol–water partition coefficient (Wildman–Crippen LogP) is 13.3. The van der Waals surface area contributed by atoms with Crippen molar-refractivity contribution in [2.45, 2.75) is 66.3 Å². The zero-order chi connectivity index (χ0) is 46.9. The highest BCUT2D eigenvalue weighted by Crippen LogP contribution is 2.31. The number of nitrogens with zero attached hydrogens (tertiary/aromatic N) is 1. The van der Waals surface area contributed by atoms with Crippen molar-refractivity contribution >= 4 is 28.8 Å². The summed E-state index contributed by atoms with van der Waals surface area (Å²) in [4.78, 5) is 37.7. The maximum absolute atomic E-state index is 13.1. The second kappa shape index (κ2) is 24.4. The maximum atomic E-state index is 13.1. The van der Waals surface area contributed by atoms with E-state index in [1.807, 2.05) is 27.7 Å². The van der Waals surface area contributed by atoms with E-state index in [1.54, 1.807) is 91.5 Å². The van der Waals surface area contributed by atoms with Gasteiger partial charge in [-0.2, -0.15) is 0 Å². The Morgan fingerprint density at radius 3 is 1.02 bits per heavy atom. The van der Waals surface area contributed by atoms with Gasteiger partial charge in [0.1, 0.15) is 40.7 Å². The zero-order valence-electron chi connectivity index (χ0n) is 36.8. The highest BCUT2D eigenvalue weighted by atomic mass is 19.1. The molecule has 0 spiro atoms. The number of anilines is 2. The molecule has 6 rings (SSSR count). The first-order chi connectivity index (χ1) is 30.4. The van der Waals surface area contributed by atoms with Gasteiger partial charge in [0.15, 0.2) is 5.78 Å². The number of benzene rings is 6. The first kappa shape index (κ1) is 50.2. The van der Waals surface area contributed by atoms with Gasteiger partial charge in [0.25, 0.3) is 0 Å². The van der Waals surface area contributed by atoms with Gasteiger partial charge in [-0.3, -0.25) is 14.4 Å². The van der Waals surface area contributed by atoms with Crippen molar-refractivity contribution < 1.29 is 40.7 Å². The van der Waals surface area contributed by atoms with Crippen molar-refractivity contribution in [3.8, 4) is 0 Å². The van der Waals surface area contributed by atoms with E-state index in [1.165, 1.54) is 72.8 Å². The lowest BCUT2D eigenvalue weighted by atomic mass is 9.86. The molecule has 0 heterocycles. The van der Waals surface area contributed by atoms with E-state index >= 15 is 0 Å². The Balaban J connectivity index is 0.000000210. The number of Topliss-reactive ketones (excluding diaryl/α,β-unsaturated/α-hetero) is 2. The van der Waals surface area contributed by atoms with Crippen LogP contribution in [0.1, 0.15) is 88.6 Å². The summed E-state index contributed by atoms with van der Waals surface area (Å²) in [5.74, 6) is -2.11. The molecule has 6 aromatic carbocycles. The predicted molar refractivity (Wildman–Crippen MR) is 241 cm³/mol. The summed E-state index contributed by atoms with van der Waals surface area (Å²) in [6.45, 7) is 11.2. The SMILES string of the molecule is CC(C)C(=O)CCC(c1ccc(F)cc1)c1ccc(F)cc1.CC(C)C(=O)CN(c1ccc(F)cc1)c1ccc(F)cc1.CC(C)C(=O)NC(c1ccc(F)cc1)c1ccc(F)cc1. The molecule has 0 unspecified atom stereocenters. The largest absolute Gasteiger partial charge is 0.345 e. The number of rotatable bonds is 15. The Morgan fingerprint density at radius 2 is 0.719 bits per heavy atom. The van der Waals surface area contributed by atoms with E-state index in [9.17, 15) is 40.7 Å². The fourth-order valence-electron chi connectivity index (χ4n) is 6.38. The molecule has 0 aliphatic carbocycles. The van der Waals surface area contributed by atoms with E-state index in [2.05, 4.69) is 5.32 Å². The summed E-state index contributed by atoms with van der Waals surface area (Å²) in [5.41, 5.74) is 4.75. The summed E-state index contributed by atoms with van der Waals surface area (Å²) in [6, 6.07) is 35.7. The Labute approximate surface area is 372 Å². The van der Waals surface area contributed by atoms with Crippen LogP contribution in [-0.2, 0) is 14.4 Å². The molecule has 0 atom stereocenters. The van der Waals surface area contributed by atoms with Gasteiger partial charge in [0, 0.05) is 41.5 Å². The summed E-state index contributed by atoms with van der Waals surface area (Å²) in [5, 5.41) is 2.90. The van der Waals surface area contributed by atoms with Crippen LogP contribution in [0.5, 0.6) is 0 Å². The summed E-state index contributed by atoms with van der Waals surface area (Å²) in [6.07, 6.45) is 1.09. The number of halogens is 6. The van der Waals surface area contributed by atoms with E-state index in [0.29, 0.717) is 24.2 Å². The Bertz CT molecular complexity index is 2120. The standard InChI is InChI=1S/C19H20F2O.2C17H17F2NO/c1-13(2)19(22)12-11-18(14-3-7-16(20)8-4-14)15-5-9-17(21)10-6-15;1-12(2)17(21)11-20(15-7-3-13(18)4-8-15)16-9-5-14(19)6-10-16;1-11(2)17(21)20-16(12-3-7-14(18)8-4-12)13-5-9-15(19)10-6-13/h3-10,13,18H,11-12H2,1-2H3;3-10,12H,11H2,1-2H3;3-11,16H,1-2H3,(H,20,21). The van der Waals surface area contributed by atoms with Gasteiger partial charge in [-0.15, -0.1) is 0 Å². The minimum atomic E-state index is -0.430. The molecule has 0 aliphatic heterocycles. The molecule has 1 amide bonds. The number of ketones is 2. The highest BCUT2D eigenvalue weighted by Gasteiger charge is 2.20. The molecule has 1 N–H and O–H groups in total. The van der Waals surface area contributed by atoms with Crippen molar-refractivity contribution in [1.82, 2.24) is 5.32 Å². The molecule has 0 radical (unpaired) electrons. The topological polar surface area (TPSA) is 66.5 Å². The fourth-order valence-corrected chi connectivity index (χ4v) is 6.38. The zero-order valence-corrected chi connectivity index (χ0v) is 36.8. The second-order valence-corrected chi connectivity index (χ2v) is 16.2. The number of carbonyl (C=O) groups is 3. The van der Waals surface area contributed by atoms with Gasteiger partial charge >= 0.3 is 0 Å². The third-order valence-electron chi connectivity index (χ3n) is 10.3. The van der Waals surface area contributed by atoms with Gasteiger partial charge in [-0.05, 0) is 126 Å². The molecule has 11 heteroatoms. The first-order valence-corrected chi connectivity index (χ1v) is 21.1. The average molecular weight is 881 g/mol. The van der Waals surface area contributed by atoms with E-state index in [0.717, 1.165) is 22.3 Å². The molecule has 64 heavy (non-hydrogen) atoms. The minimum absolute atomic E-state index is 0.00193. The van der Waals surface area contributed by atoms with Crippen LogP contribution in [0.4, 0.5) is 37.7 Å². The quantitative estimate of drug-likeness (QED) is 0.104. The molecular formula is C53H54F6N2O3. The molecule has 5 nitrogen and oxygen atoms in total. The molecular weight excluding hydrogens is 827 g/mol. The molecule has 6 aromatic rings. The third kappa shape index (κ3) is 15.7.